The summed E-state index contributed by atoms with van der Waals surface area (Å²) in [7, 11) is 5.74. The molecule has 6 heteroatoms. The Hall–Kier alpha value is -2.63. The van der Waals surface area contributed by atoms with Crippen LogP contribution in [-0.2, 0) is 13.6 Å². The minimum absolute atomic E-state index is 0.0157. The first kappa shape index (κ1) is 15.8. The monoisotopic (exact) mass is 300 g/mol. The number of imidazole rings is 1. The Bertz CT molecular complexity index is 687. The fourth-order valence-corrected chi connectivity index (χ4v) is 2.14. The average Bonchev–Trinajstić information content (AvgIpc) is 2.86. The fourth-order valence-electron chi connectivity index (χ4n) is 2.14. The van der Waals surface area contributed by atoms with Crippen LogP contribution in [0, 0.1) is 0 Å². The van der Waals surface area contributed by atoms with Gasteiger partial charge in [0.1, 0.15) is 0 Å². The van der Waals surface area contributed by atoms with E-state index < -0.39 is 0 Å². The van der Waals surface area contributed by atoms with E-state index in [4.69, 9.17) is 0 Å². The number of ketones is 1. The lowest BCUT2D eigenvalue weighted by Crippen LogP contribution is -2.24. The van der Waals surface area contributed by atoms with E-state index in [0.717, 1.165) is 11.6 Å². The molecular weight excluding hydrogens is 280 g/mol. The van der Waals surface area contributed by atoms with E-state index in [2.05, 4.69) is 10.3 Å². The number of carbonyl (C=O) groups is 2. The van der Waals surface area contributed by atoms with Crippen molar-refractivity contribution in [1.82, 2.24) is 14.9 Å². The number of nitrogens with one attached hydrogen (secondary N) is 1. The second kappa shape index (κ2) is 6.43. The molecule has 2 aromatic rings. The van der Waals surface area contributed by atoms with E-state index in [1.54, 1.807) is 30.5 Å². The van der Waals surface area contributed by atoms with E-state index in [9.17, 15) is 9.59 Å². The van der Waals surface area contributed by atoms with Crippen LogP contribution in [0.25, 0.3) is 0 Å². The Balaban J connectivity index is 2.02. The Morgan fingerprint density at radius 1 is 1.18 bits per heavy atom. The van der Waals surface area contributed by atoms with Crippen molar-refractivity contribution < 1.29 is 9.59 Å². The third-order valence-corrected chi connectivity index (χ3v) is 3.44. The lowest BCUT2D eigenvalue weighted by atomic mass is 10.1. The largest absolute Gasteiger partial charge is 0.348 e. The number of aromatic nitrogens is 2. The highest BCUT2D eigenvalue weighted by Gasteiger charge is 2.10. The zero-order valence-electron chi connectivity index (χ0n) is 13.3. The van der Waals surface area contributed by atoms with Crippen LogP contribution in [-0.4, -0.2) is 35.3 Å². The van der Waals surface area contributed by atoms with Crippen molar-refractivity contribution in [2.75, 3.05) is 19.0 Å². The Kier molecular flexibility index (Phi) is 4.60. The maximum atomic E-state index is 12.1. The second-order valence-electron chi connectivity index (χ2n) is 5.32. The number of Topliss-reactive ketones (excluding diaryl/α,β-unsaturated/α-hetero) is 1. The average molecular weight is 300 g/mol. The summed E-state index contributed by atoms with van der Waals surface area (Å²) < 4.78 is 1.93. The van der Waals surface area contributed by atoms with Gasteiger partial charge < -0.3 is 14.8 Å². The molecule has 1 amide bonds. The lowest BCUT2D eigenvalue weighted by Gasteiger charge is -2.13. The summed E-state index contributed by atoms with van der Waals surface area (Å²) >= 11 is 0. The predicted molar refractivity (Wildman–Crippen MR) is 85.2 cm³/mol. The number of carbonyl (C=O) groups excluding carboxylic acids is 2. The molecule has 0 aliphatic rings. The Labute approximate surface area is 129 Å². The van der Waals surface area contributed by atoms with Gasteiger partial charge >= 0.3 is 0 Å². The van der Waals surface area contributed by atoms with Crippen LogP contribution in [0.1, 0.15) is 33.3 Å². The third-order valence-electron chi connectivity index (χ3n) is 3.44. The van der Waals surface area contributed by atoms with E-state index in [-0.39, 0.29) is 11.7 Å². The van der Waals surface area contributed by atoms with Crippen molar-refractivity contribution >= 4 is 17.6 Å². The number of rotatable bonds is 5. The van der Waals surface area contributed by atoms with Crippen molar-refractivity contribution in [3.05, 3.63) is 47.3 Å². The minimum atomic E-state index is -0.178. The lowest BCUT2D eigenvalue weighted by molar-refractivity contribution is 0.0948. The molecule has 0 saturated carbocycles. The first-order valence-corrected chi connectivity index (χ1v) is 6.97. The summed E-state index contributed by atoms with van der Waals surface area (Å²) in [5, 5.41) is 2.85. The third kappa shape index (κ3) is 3.33. The molecule has 0 radical (unpaired) electrons. The second-order valence-corrected chi connectivity index (χ2v) is 5.32. The van der Waals surface area contributed by atoms with Gasteiger partial charge in [0, 0.05) is 32.3 Å². The van der Waals surface area contributed by atoms with Gasteiger partial charge in [0.25, 0.3) is 5.91 Å². The highest BCUT2D eigenvalue weighted by Crippen LogP contribution is 2.11. The van der Waals surface area contributed by atoms with E-state index in [1.807, 2.05) is 30.6 Å². The van der Waals surface area contributed by atoms with Crippen LogP contribution >= 0.6 is 0 Å². The van der Waals surface area contributed by atoms with Gasteiger partial charge in [-0.3, -0.25) is 9.59 Å². The molecule has 0 atom stereocenters. The topological polar surface area (TPSA) is 67.2 Å². The predicted octanol–water partition coefficient (Wildman–Crippen LogP) is 1.62. The fraction of sp³-hybridized carbons (Fsp3) is 0.312. The molecule has 0 spiro atoms. The van der Waals surface area contributed by atoms with Crippen molar-refractivity contribution in [2.24, 2.45) is 7.05 Å². The molecule has 2 rings (SSSR count). The zero-order chi connectivity index (χ0) is 16.3. The van der Waals surface area contributed by atoms with Gasteiger partial charge in [-0.2, -0.15) is 0 Å². The first-order chi connectivity index (χ1) is 10.4. The van der Waals surface area contributed by atoms with Crippen LogP contribution < -0.4 is 10.2 Å². The van der Waals surface area contributed by atoms with E-state index in [0.29, 0.717) is 17.7 Å². The SMILES string of the molecule is CC(=O)c1ccc(C(=O)NCc2cnc(N(C)C)n2C)cc1. The summed E-state index contributed by atoms with van der Waals surface area (Å²) in [6.45, 7) is 1.89. The number of anilines is 1. The summed E-state index contributed by atoms with van der Waals surface area (Å²) in [4.78, 5) is 29.5. The smallest absolute Gasteiger partial charge is 0.251 e. The number of amides is 1. The quantitative estimate of drug-likeness (QED) is 0.852. The summed E-state index contributed by atoms with van der Waals surface area (Å²) in [6.07, 6.45) is 1.74. The molecule has 0 aliphatic heterocycles. The first-order valence-electron chi connectivity index (χ1n) is 6.97. The van der Waals surface area contributed by atoms with Crippen molar-refractivity contribution in [3.63, 3.8) is 0 Å². The number of benzene rings is 1. The summed E-state index contributed by atoms with van der Waals surface area (Å²) in [5.41, 5.74) is 2.04. The van der Waals surface area contributed by atoms with Gasteiger partial charge in [0.2, 0.25) is 5.95 Å². The maximum Gasteiger partial charge on any atom is 0.251 e. The molecule has 1 heterocycles. The van der Waals surface area contributed by atoms with Crippen LogP contribution in [0.4, 0.5) is 5.95 Å². The van der Waals surface area contributed by atoms with Crippen LogP contribution in [0.2, 0.25) is 0 Å². The number of hydrogen-bond donors (Lipinski definition) is 1. The van der Waals surface area contributed by atoms with E-state index >= 15 is 0 Å². The van der Waals surface area contributed by atoms with Crippen LogP contribution in [0.3, 0.4) is 0 Å². The Morgan fingerprint density at radius 2 is 1.77 bits per heavy atom. The molecule has 1 aromatic carbocycles. The van der Waals surface area contributed by atoms with Gasteiger partial charge in [-0.05, 0) is 19.1 Å². The normalized spacial score (nSPS) is 10.4. The molecule has 116 valence electrons. The van der Waals surface area contributed by atoms with Gasteiger partial charge in [-0.15, -0.1) is 0 Å². The van der Waals surface area contributed by atoms with Gasteiger partial charge in [-0.1, -0.05) is 12.1 Å². The molecular formula is C16H20N4O2. The van der Waals surface area contributed by atoms with Crippen LogP contribution in [0.5, 0.6) is 0 Å². The summed E-state index contributed by atoms with van der Waals surface area (Å²) in [5.74, 6) is 0.635. The molecule has 1 aromatic heterocycles. The van der Waals surface area contributed by atoms with Gasteiger partial charge in [0.05, 0.1) is 18.4 Å². The molecule has 0 bridgehead atoms. The highest BCUT2D eigenvalue weighted by molar-refractivity contribution is 5.97. The molecule has 0 saturated heterocycles. The molecule has 0 fully saturated rings. The Morgan fingerprint density at radius 3 is 2.27 bits per heavy atom. The number of hydrogen-bond acceptors (Lipinski definition) is 4. The van der Waals surface area contributed by atoms with E-state index in [1.165, 1.54) is 6.92 Å². The minimum Gasteiger partial charge on any atom is -0.348 e. The molecule has 0 aliphatic carbocycles. The molecule has 1 N–H and O–H groups in total. The van der Waals surface area contributed by atoms with Gasteiger partial charge in [0.15, 0.2) is 5.78 Å². The van der Waals surface area contributed by atoms with Crippen molar-refractivity contribution in [2.45, 2.75) is 13.5 Å². The van der Waals surface area contributed by atoms with Gasteiger partial charge in [-0.25, -0.2) is 4.98 Å². The maximum absolute atomic E-state index is 12.1. The molecule has 22 heavy (non-hydrogen) atoms. The van der Waals surface area contributed by atoms with Crippen LogP contribution in [0.15, 0.2) is 30.5 Å². The van der Waals surface area contributed by atoms with Crippen molar-refractivity contribution in [3.8, 4) is 0 Å². The summed E-state index contributed by atoms with van der Waals surface area (Å²) in [6, 6.07) is 6.62. The highest BCUT2D eigenvalue weighted by atomic mass is 16.1. The zero-order valence-corrected chi connectivity index (χ0v) is 13.3. The van der Waals surface area contributed by atoms with Crippen molar-refractivity contribution in [1.29, 1.82) is 0 Å². The standard InChI is InChI=1S/C16H20N4O2/c1-11(21)12-5-7-13(8-6-12)15(22)17-9-14-10-18-16(19(2)3)20(14)4/h5-8,10H,9H2,1-4H3,(H,17,22). The molecule has 0 unspecified atom stereocenters. The number of nitrogens with zero attached hydrogens (tertiary/aromatic N) is 3. The molecule has 6 nitrogen and oxygen atoms in total.